The molecule has 0 radical (unpaired) electrons. The standard InChI is InChI=1S/C6H5Br2N/c7-4-1-5(8)3-6(9)2-4/h1-3H,9H2/i1D,2D,3D. The number of hydrogen-bond acceptors (Lipinski definition) is 1. The smallest absolute Gasteiger partial charge is 0.0656 e. The Morgan fingerprint density at radius 1 is 1.22 bits per heavy atom. The first kappa shape index (κ1) is 3.98. The summed E-state index contributed by atoms with van der Waals surface area (Å²) in [6.07, 6.45) is 0. The van der Waals surface area contributed by atoms with E-state index in [-0.39, 0.29) is 23.8 Å². The summed E-state index contributed by atoms with van der Waals surface area (Å²) in [7, 11) is 0. The van der Waals surface area contributed by atoms with Crippen molar-refractivity contribution in [2.24, 2.45) is 0 Å². The minimum Gasteiger partial charge on any atom is -0.399 e. The molecule has 0 unspecified atom stereocenters. The van der Waals surface area contributed by atoms with Gasteiger partial charge in [-0.1, -0.05) is 31.9 Å². The lowest BCUT2D eigenvalue weighted by Crippen LogP contribution is -1.82. The van der Waals surface area contributed by atoms with Gasteiger partial charge < -0.3 is 5.73 Å². The fourth-order valence-electron chi connectivity index (χ4n) is 0.427. The van der Waals surface area contributed by atoms with Crippen LogP contribution in [-0.2, 0) is 0 Å². The Kier molecular flexibility index (Phi) is 1.20. The molecule has 1 aromatic rings. The highest BCUT2D eigenvalue weighted by molar-refractivity contribution is 9.11. The van der Waals surface area contributed by atoms with Crippen molar-refractivity contribution in [3.63, 3.8) is 0 Å². The lowest BCUT2D eigenvalue weighted by Gasteiger charge is -1.94. The summed E-state index contributed by atoms with van der Waals surface area (Å²) in [4.78, 5) is 0. The van der Waals surface area contributed by atoms with E-state index in [1.165, 1.54) is 0 Å². The fraction of sp³-hybridized carbons (Fsp3) is 0. The number of hydrogen-bond donors (Lipinski definition) is 1. The first-order valence-corrected chi connectivity index (χ1v) is 3.75. The molecule has 48 valence electrons. The molecular weight excluding hydrogens is 246 g/mol. The van der Waals surface area contributed by atoms with E-state index in [4.69, 9.17) is 9.85 Å². The molecule has 0 atom stereocenters. The predicted octanol–water partition coefficient (Wildman–Crippen LogP) is 2.79. The molecule has 0 spiro atoms. The molecule has 1 aromatic carbocycles. The second-order valence-corrected chi connectivity index (χ2v) is 3.00. The first-order chi connectivity index (χ1) is 5.46. The molecule has 0 saturated carbocycles. The van der Waals surface area contributed by atoms with E-state index in [0.717, 1.165) is 0 Å². The maximum absolute atomic E-state index is 7.43. The zero-order valence-corrected chi connectivity index (χ0v) is 7.51. The van der Waals surface area contributed by atoms with Crippen LogP contribution in [0.4, 0.5) is 5.69 Å². The summed E-state index contributed by atoms with van der Waals surface area (Å²) < 4.78 is 22.8. The van der Waals surface area contributed by atoms with Gasteiger partial charge in [-0.05, 0) is 18.1 Å². The van der Waals surface area contributed by atoms with Crippen LogP contribution in [0.5, 0.6) is 0 Å². The van der Waals surface area contributed by atoms with Gasteiger partial charge in [-0.2, -0.15) is 0 Å². The van der Waals surface area contributed by atoms with Crippen molar-refractivity contribution in [1.29, 1.82) is 0 Å². The third-order valence-corrected chi connectivity index (χ3v) is 1.50. The van der Waals surface area contributed by atoms with Crippen molar-refractivity contribution in [2.45, 2.75) is 0 Å². The molecule has 0 saturated heterocycles. The summed E-state index contributed by atoms with van der Waals surface area (Å²) in [6, 6.07) is 0.0700. The van der Waals surface area contributed by atoms with Gasteiger partial charge in [-0.3, -0.25) is 0 Å². The van der Waals surface area contributed by atoms with Gasteiger partial charge in [0.15, 0.2) is 0 Å². The van der Waals surface area contributed by atoms with E-state index in [2.05, 4.69) is 31.9 Å². The van der Waals surface area contributed by atoms with Crippen LogP contribution in [0.2, 0.25) is 0 Å². The number of anilines is 1. The minimum atomic E-state index is -0.00630. The van der Waals surface area contributed by atoms with Crippen LogP contribution in [0.3, 0.4) is 0 Å². The topological polar surface area (TPSA) is 26.0 Å². The SMILES string of the molecule is [2H]c1c(N)c([2H])c(Br)c([2H])c1Br. The van der Waals surface area contributed by atoms with E-state index in [1.54, 1.807) is 0 Å². The predicted molar refractivity (Wildman–Crippen MR) is 46.3 cm³/mol. The number of rotatable bonds is 0. The van der Waals surface area contributed by atoms with E-state index in [9.17, 15) is 0 Å². The molecule has 0 aliphatic rings. The quantitative estimate of drug-likeness (QED) is 0.707. The van der Waals surface area contributed by atoms with E-state index in [1.807, 2.05) is 0 Å². The molecule has 0 aromatic heterocycles. The van der Waals surface area contributed by atoms with Gasteiger partial charge in [-0.25, -0.2) is 0 Å². The third-order valence-electron chi connectivity index (χ3n) is 0.708. The summed E-state index contributed by atoms with van der Waals surface area (Å²) in [5.74, 6) is 0. The van der Waals surface area contributed by atoms with E-state index >= 15 is 0 Å². The van der Waals surface area contributed by atoms with E-state index < -0.39 is 0 Å². The van der Waals surface area contributed by atoms with Gasteiger partial charge in [0.2, 0.25) is 0 Å². The van der Waals surface area contributed by atoms with Gasteiger partial charge in [-0.15, -0.1) is 0 Å². The van der Waals surface area contributed by atoms with Crippen molar-refractivity contribution in [1.82, 2.24) is 0 Å². The Labute approximate surface area is 74.7 Å². The minimum absolute atomic E-state index is 0.00630. The van der Waals surface area contributed by atoms with Crippen LogP contribution in [0.25, 0.3) is 0 Å². The van der Waals surface area contributed by atoms with Crippen molar-refractivity contribution >= 4 is 37.5 Å². The summed E-state index contributed by atoms with van der Waals surface area (Å²) in [6.45, 7) is 0. The number of benzene rings is 1. The van der Waals surface area contributed by atoms with Crippen molar-refractivity contribution in [3.05, 3.63) is 27.1 Å². The third kappa shape index (κ3) is 1.99. The first-order valence-electron chi connectivity index (χ1n) is 3.67. The molecule has 1 nitrogen and oxygen atoms in total. The van der Waals surface area contributed by atoms with Crippen molar-refractivity contribution in [2.75, 3.05) is 5.73 Å². The monoisotopic (exact) mass is 252 g/mol. The van der Waals surface area contributed by atoms with Crippen molar-refractivity contribution in [3.8, 4) is 0 Å². The lowest BCUT2D eigenvalue weighted by atomic mass is 10.3. The van der Waals surface area contributed by atoms with Gasteiger partial charge in [0.1, 0.15) is 0 Å². The lowest BCUT2D eigenvalue weighted by molar-refractivity contribution is 1.59. The zero-order valence-electron chi connectivity index (χ0n) is 7.33. The molecule has 0 bridgehead atoms. The number of halogens is 2. The molecule has 0 fully saturated rings. The molecule has 0 aliphatic heterocycles. The highest BCUT2D eigenvalue weighted by Gasteiger charge is 1.90. The Balaban J connectivity index is 3.60. The van der Waals surface area contributed by atoms with Crippen LogP contribution >= 0.6 is 31.9 Å². The average Bonchev–Trinajstić information content (AvgIpc) is 2.08. The highest BCUT2D eigenvalue weighted by atomic mass is 79.9. The average molecular weight is 254 g/mol. The Morgan fingerprint density at radius 2 is 1.67 bits per heavy atom. The Morgan fingerprint density at radius 3 is 2.11 bits per heavy atom. The fourth-order valence-corrected chi connectivity index (χ4v) is 1.52. The largest absolute Gasteiger partial charge is 0.399 e. The van der Waals surface area contributed by atoms with Crippen LogP contribution < -0.4 is 5.73 Å². The summed E-state index contributed by atoms with van der Waals surface area (Å²) in [5.41, 5.74) is 5.51. The van der Waals surface area contributed by atoms with Gasteiger partial charge in [0.25, 0.3) is 0 Å². The highest BCUT2D eigenvalue weighted by Crippen LogP contribution is 2.20. The maximum atomic E-state index is 7.43. The molecule has 2 N–H and O–H groups in total. The molecule has 0 aliphatic carbocycles. The second-order valence-electron chi connectivity index (χ2n) is 1.42. The van der Waals surface area contributed by atoms with Crippen LogP contribution in [-0.4, -0.2) is 0 Å². The molecule has 1 rings (SSSR count). The number of nitrogens with two attached hydrogens (primary N) is 1. The van der Waals surface area contributed by atoms with Gasteiger partial charge >= 0.3 is 0 Å². The number of nitrogen functional groups attached to an aromatic ring is 1. The van der Waals surface area contributed by atoms with Gasteiger partial charge in [0, 0.05) is 14.6 Å². The summed E-state index contributed by atoms with van der Waals surface area (Å²) in [5, 5.41) is 0. The molecule has 0 heterocycles. The molecule has 9 heavy (non-hydrogen) atoms. The Hall–Kier alpha value is -0.0200. The second kappa shape index (κ2) is 2.71. The Bertz CT molecular complexity index is 235. The maximum Gasteiger partial charge on any atom is 0.0656 e. The normalized spacial score (nSPS) is 14.2. The molecule has 0 amide bonds. The molecule has 3 heteroatoms. The van der Waals surface area contributed by atoms with Crippen LogP contribution in [0, 0.1) is 0 Å². The molecular formula is C6H5Br2N. The van der Waals surface area contributed by atoms with E-state index in [0.29, 0.717) is 8.95 Å². The van der Waals surface area contributed by atoms with Crippen LogP contribution in [0.1, 0.15) is 4.11 Å². The zero-order chi connectivity index (χ0) is 9.46. The summed E-state index contributed by atoms with van der Waals surface area (Å²) >= 11 is 6.09. The van der Waals surface area contributed by atoms with Gasteiger partial charge in [0.05, 0.1) is 4.11 Å². The van der Waals surface area contributed by atoms with Crippen LogP contribution in [0.15, 0.2) is 27.1 Å². The van der Waals surface area contributed by atoms with Crippen molar-refractivity contribution < 1.29 is 4.11 Å².